The molecule has 72 valence electrons. The Balaban J connectivity index is 3.47. The Morgan fingerprint density at radius 2 is 2.08 bits per heavy atom. The van der Waals surface area contributed by atoms with Crippen LogP contribution in [0.15, 0.2) is 0 Å². The lowest BCUT2D eigenvalue weighted by atomic mass is 10.2. The summed E-state index contributed by atoms with van der Waals surface area (Å²) in [5.74, 6) is 0.553. The quantitative estimate of drug-likeness (QED) is 0.693. The summed E-state index contributed by atoms with van der Waals surface area (Å²) in [7, 11) is 0. The molecule has 0 saturated carbocycles. The Morgan fingerprint density at radius 1 is 1.50 bits per heavy atom. The number of carbonyl (C=O) groups is 1. The topological polar surface area (TPSA) is 38.3 Å². The highest BCUT2D eigenvalue weighted by Gasteiger charge is 2.09. The molecule has 0 rings (SSSR count). The maximum atomic E-state index is 10.8. The van der Waals surface area contributed by atoms with E-state index in [0.29, 0.717) is 17.8 Å². The fourth-order valence-electron chi connectivity index (χ4n) is 0.438. The highest BCUT2D eigenvalue weighted by Crippen LogP contribution is 2.15. The van der Waals surface area contributed by atoms with Gasteiger partial charge in [-0.05, 0) is 24.8 Å². The smallest absolute Gasteiger partial charge is 0.417 e. The largest absolute Gasteiger partial charge is 0.449 e. The van der Waals surface area contributed by atoms with Gasteiger partial charge >= 0.3 is 6.09 Å². The molecule has 0 heterocycles. The Morgan fingerprint density at radius 3 is 2.50 bits per heavy atom. The lowest BCUT2D eigenvalue weighted by molar-refractivity contribution is 0.159. The number of nitrogens with one attached hydrogen (secondary N) is 1. The first-order valence-corrected chi connectivity index (χ1v) is 5.04. The van der Waals surface area contributed by atoms with E-state index < -0.39 is 0 Å². The van der Waals surface area contributed by atoms with Crippen LogP contribution in [0.25, 0.3) is 0 Å². The predicted octanol–water partition coefficient (Wildman–Crippen LogP) is 2.43. The van der Waals surface area contributed by atoms with Crippen LogP contribution in [0.3, 0.4) is 0 Å². The van der Waals surface area contributed by atoms with E-state index in [9.17, 15) is 4.79 Å². The first kappa shape index (κ1) is 11.6. The predicted molar refractivity (Wildman–Crippen MR) is 52.0 cm³/mol. The molecule has 0 bridgehead atoms. The zero-order chi connectivity index (χ0) is 9.56. The molecule has 1 atom stereocenters. The third-order valence-corrected chi connectivity index (χ3v) is 2.74. The van der Waals surface area contributed by atoms with E-state index >= 15 is 0 Å². The molecule has 4 heteroatoms. The molecule has 0 aromatic rings. The zero-order valence-corrected chi connectivity index (χ0v) is 8.90. The van der Waals surface area contributed by atoms with Gasteiger partial charge in [0.15, 0.2) is 0 Å². The minimum atomic E-state index is -0.352. The third kappa shape index (κ3) is 5.29. The third-order valence-electron chi connectivity index (χ3n) is 1.54. The van der Waals surface area contributed by atoms with Gasteiger partial charge in [0, 0.05) is 5.25 Å². The molecule has 1 N–H and O–H groups in total. The van der Waals surface area contributed by atoms with Crippen molar-refractivity contribution in [1.29, 1.82) is 0 Å². The van der Waals surface area contributed by atoms with E-state index in [2.05, 4.69) is 25.5 Å². The molecule has 3 nitrogen and oxygen atoms in total. The van der Waals surface area contributed by atoms with Crippen LogP contribution < -0.4 is 4.72 Å². The van der Waals surface area contributed by atoms with E-state index in [1.54, 1.807) is 6.92 Å². The molecule has 1 amide bonds. The molecule has 0 spiro atoms. The maximum Gasteiger partial charge on any atom is 0.417 e. The molecule has 0 aliphatic rings. The second-order valence-corrected chi connectivity index (χ2v) is 4.07. The first-order valence-electron chi connectivity index (χ1n) is 4.16. The Hall–Kier alpha value is -0.380. The monoisotopic (exact) mass is 191 g/mol. The molecule has 0 radical (unpaired) electrons. The zero-order valence-electron chi connectivity index (χ0n) is 8.09. The van der Waals surface area contributed by atoms with Crippen molar-refractivity contribution in [3.05, 3.63) is 0 Å². The second-order valence-electron chi connectivity index (χ2n) is 2.89. The van der Waals surface area contributed by atoms with Crippen LogP contribution in [0.4, 0.5) is 4.79 Å². The summed E-state index contributed by atoms with van der Waals surface area (Å²) in [5, 5.41) is 0.411. The second kappa shape index (κ2) is 6.17. The van der Waals surface area contributed by atoms with Crippen LogP contribution in [-0.2, 0) is 4.74 Å². The molecule has 0 aromatic heterocycles. The molecular weight excluding hydrogens is 174 g/mol. The number of rotatable bonds is 4. The summed E-state index contributed by atoms with van der Waals surface area (Å²) >= 11 is 1.41. The van der Waals surface area contributed by atoms with Crippen LogP contribution in [-0.4, -0.2) is 18.0 Å². The molecule has 1 unspecified atom stereocenters. The summed E-state index contributed by atoms with van der Waals surface area (Å²) in [4.78, 5) is 10.8. The summed E-state index contributed by atoms with van der Waals surface area (Å²) in [5.41, 5.74) is 0. The SMILES string of the molecule is CCOC(=O)NSC(C)C(C)C. The van der Waals surface area contributed by atoms with Gasteiger partial charge in [0.2, 0.25) is 0 Å². The van der Waals surface area contributed by atoms with Crippen molar-refractivity contribution in [2.45, 2.75) is 32.9 Å². The fourth-order valence-corrected chi connectivity index (χ4v) is 1.05. The lowest BCUT2D eigenvalue weighted by Crippen LogP contribution is -2.21. The van der Waals surface area contributed by atoms with Crippen molar-refractivity contribution in [3.63, 3.8) is 0 Å². The summed E-state index contributed by atoms with van der Waals surface area (Å²) < 4.78 is 7.32. The number of hydrogen-bond acceptors (Lipinski definition) is 3. The molecule has 12 heavy (non-hydrogen) atoms. The number of carbonyl (C=O) groups excluding carboxylic acids is 1. The molecule has 0 aliphatic carbocycles. The van der Waals surface area contributed by atoms with E-state index in [1.807, 2.05) is 0 Å². The van der Waals surface area contributed by atoms with Gasteiger partial charge < -0.3 is 4.74 Å². The lowest BCUT2D eigenvalue weighted by Gasteiger charge is -2.14. The van der Waals surface area contributed by atoms with Crippen LogP contribution in [0, 0.1) is 5.92 Å². The van der Waals surface area contributed by atoms with Gasteiger partial charge in [-0.2, -0.15) is 0 Å². The average Bonchev–Trinajstić information content (AvgIpc) is 2.00. The van der Waals surface area contributed by atoms with Crippen LogP contribution >= 0.6 is 11.9 Å². The van der Waals surface area contributed by atoms with Crippen LogP contribution in [0.5, 0.6) is 0 Å². The van der Waals surface area contributed by atoms with Gasteiger partial charge in [0.05, 0.1) is 6.61 Å². The van der Waals surface area contributed by atoms with Gasteiger partial charge in [0.25, 0.3) is 0 Å². The molecule has 0 aromatic carbocycles. The normalized spacial score (nSPS) is 12.8. The van der Waals surface area contributed by atoms with E-state index in [-0.39, 0.29) is 6.09 Å². The highest BCUT2D eigenvalue weighted by molar-refractivity contribution is 7.98. The average molecular weight is 191 g/mol. The van der Waals surface area contributed by atoms with Crippen molar-refractivity contribution in [2.75, 3.05) is 6.61 Å². The Kier molecular flexibility index (Phi) is 5.98. The van der Waals surface area contributed by atoms with Gasteiger partial charge in [-0.1, -0.05) is 20.8 Å². The standard InChI is InChI=1S/C8H17NO2S/c1-5-11-8(10)9-12-7(4)6(2)3/h6-7H,5H2,1-4H3,(H,9,10). The van der Waals surface area contributed by atoms with Crippen LogP contribution in [0.1, 0.15) is 27.7 Å². The van der Waals surface area contributed by atoms with E-state index in [0.717, 1.165) is 0 Å². The minimum absolute atomic E-state index is 0.352. The van der Waals surface area contributed by atoms with Crippen molar-refractivity contribution in [1.82, 2.24) is 4.72 Å². The van der Waals surface area contributed by atoms with E-state index in [4.69, 9.17) is 4.74 Å². The number of amides is 1. The summed E-state index contributed by atoms with van der Waals surface area (Å²) in [6.07, 6.45) is -0.352. The molecular formula is C8H17NO2S. The molecule has 0 fully saturated rings. The first-order chi connectivity index (χ1) is 5.57. The highest BCUT2D eigenvalue weighted by atomic mass is 32.2. The van der Waals surface area contributed by atoms with Crippen LogP contribution in [0.2, 0.25) is 0 Å². The minimum Gasteiger partial charge on any atom is -0.449 e. The number of hydrogen-bond donors (Lipinski definition) is 1. The van der Waals surface area contributed by atoms with Crippen molar-refractivity contribution in [2.24, 2.45) is 5.92 Å². The molecule has 0 aliphatic heterocycles. The van der Waals surface area contributed by atoms with Crippen molar-refractivity contribution < 1.29 is 9.53 Å². The Bertz CT molecular complexity index is 139. The summed E-state index contributed by atoms with van der Waals surface area (Å²) in [6, 6.07) is 0. The van der Waals surface area contributed by atoms with Crippen molar-refractivity contribution >= 4 is 18.0 Å². The molecule has 0 saturated heterocycles. The van der Waals surface area contributed by atoms with Gasteiger partial charge in [0.1, 0.15) is 0 Å². The van der Waals surface area contributed by atoms with Gasteiger partial charge in [-0.15, -0.1) is 0 Å². The number of ether oxygens (including phenoxy) is 1. The van der Waals surface area contributed by atoms with E-state index in [1.165, 1.54) is 11.9 Å². The Labute approximate surface area is 78.4 Å². The summed E-state index contributed by atoms with van der Waals surface area (Å²) in [6.45, 7) is 8.51. The van der Waals surface area contributed by atoms with Gasteiger partial charge in [-0.25, -0.2) is 4.79 Å². The van der Waals surface area contributed by atoms with Gasteiger partial charge in [-0.3, -0.25) is 4.72 Å². The fraction of sp³-hybridized carbons (Fsp3) is 0.875. The maximum absolute atomic E-state index is 10.8. The van der Waals surface area contributed by atoms with Crippen molar-refractivity contribution in [3.8, 4) is 0 Å².